The molecule has 1 fully saturated rings. The predicted molar refractivity (Wildman–Crippen MR) is 165 cm³/mol. The average Bonchev–Trinajstić information content (AvgIpc) is 3.29. The molecule has 1 aliphatic heterocycles. The van der Waals surface area contributed by atoms with Crippen LogP contribution in [0.2, 0.25) is 0 Å². The number of hydrogen-bond acceptors (Lipinski definition) is 5. The Morgan fingerprint density at radius 3 is 2.46 bits per heavy atom. The number of aryl methyl sites for hydroxylation is 2. The van der Waals surface area contributed by atoms with Crippen molar-refractivity contribution < 1.29 is 14.6 Å². The Balaban J connectivity index is 1.22. The summed E-state index contributed by atoms with van der Waals surface area (Å²) in [7, 11) is 3.70. The number of carbonyl (C=O) groups is 1. The second kappa shape index (κ2) is 11.7. The van der Waals surface area contributed by atoms with Crippen molar-refractivity contribution in [2.24, 2.45) is 7.05 Å². The number of aliphatic hydroxyl groups is 1. The first-order chi connectivity index (χ1) is 20.0. The van der Waals surface area contributed by atoms with E-state index in [9.17, 15) is 9.90 Å². The second-order valence-electron chi connectivity index (χ2n) is 10.9. The molecule has 5 aromatic rings. The normalized spacial score (nSPS) is 14.5. The van der Waals surface area contributed by atoms with E-state index in [2.05, 4.69) is 34.0 Å². The number of piperidine rings is 1. The first kappa shape index (κ1) is 27.0. The summed E-state index contributed by atoms with van der Waals surface area (Å²) in [4.78, 5) is 20.7. The molecule has 0 spiro atoms. The molecule has 1 saturated heterocycles. The van der Waals surface area contributed by atoms with Gasteiger partial charge in [-0.25, -0.2) is 4.98 Å². The highest BCUT2D eigenvalue weighted by molar-refractivity contribution is 6.14. The molecule has 2 aromatic heterocycles. The molecule has 0 atom stereocenters. The van der Waals surface area contributed by atoms with Gasteiger partial charge in [0.2, 0.25) is 0 Å². The molecule has 7 nitrogen and oxygen atoms in total. The Bertz CT molecular complexity index is 1670. The molecule has 7 heteroatoms. The number of likely N-dealkylation sites (tertiary alicyclic amines) is 1. The topological polar surface area (TPSA) is 79.6 Å². The number of nitrogens with one attached hydrogen (secondary N) is 1. The lowest BCUT2D eigenvalue weighted by molar-refractivity contribution is 0.0821. The van der Waals surface area contributed by atoms with Crippen molar-refractivity contribution in [2.45, 2.75) is 31.8 Å². The third kappa shape index (κ3) is 5.69. The van der Waals surface area contributed by atoms with Gasteiger partial charge >= 0.3 is 0 Å². The van der Waals surface area contributed by atoms with Crippen LogP contribution in [0.4, 0.5) is 5.82 Å². The number of para-hydroxylation sites is 1. The lowest BCUT2D eigenvalue weighted by atomic mass is 10.0. The van der Waals surface area contributed by atoms with Crippen LogP contribution in [-0.2, 0) is 13.5 Å². The van der Waals surface area contributed by atoms with E-state index in [1.165, 1.54) is 5.56 Å². The Labute approximate surface area is 240 Å². The van der Waals surface area contributed by atoms with Crippen LogP contribution in [0.25, 0.3) is 33.1 Å². The van der Waals surface area contributed by atoms with Crippen molar-refractivity contribution in [1.82, 2.24) is 14.5 Å². The van der Waals surface area contributed by atoms with Crippen LogP contribution >= 0.6 is 0 Å². The molecule has 3 heterocycles. The second-order valence-corrected chi connectivity index (χ2v) is 10.9. The van der Waals surface area contributed by atoms with Gasteiger partial charge in [0.25, 0.3) is 5.91 Å². The van der Waals surface area contributed by atoms with Gasteiger partial charge in [-0.3, -0.25) is 4.79 Å². The van der Waals surface area contributed by atoms with Crippen molar-refractivity contribution >= 4 is 33.5 Å². The molecular formula is C34H36N4O3. The van der Waals surface area contributed by atoms with Crippen molar-refractivity contribution in [3.8, 4) is 17.0 Å². The van der Waals surface area contributed by atoms with E-state index in [1.807, 2.05) is 66.7 Å². The molecule has 1 amide bonds. The van der Waals surface area contributed by atoms with E-state index in [-0.39, 0.29) is 12.0 Å². The average molecular weight is 549 g/mol. The molecule has 0 saturated carbocycles. The van der Waals surface area contributed by atoms with Crippen LogP contribution in [-0.4, -0.2) is 58.3 Å². The highest BCUT2D eigenvalue weighted by atomic mass is 16.5. The fraction of sp³-hybridized carbons (Fsp3) is 0.294. The van der Waals surface area contributed by atoms with Gasteiger partial charge in [-0.05, 0) is 86.3 Å². The number of benzene rings is 3. The SMILES string of the molecule is COc1ccc(-c2nc(NC(=O)c3ccc(CCCN4CCC(O)CC4)cc3)cc3c4ccccc4n(C)c23)cc1. The highest BCUT2D eigenvalue weighted by Gasteiger charge is 2.18. The van der Waals surface area contributed by atoms with E-state index in [1.54, 1.807) is 7.11 Å². The number of amides is 1. The summed E-state index contributed by atoms with van der Waals surface area (Å²) < 4.78 is 7.52. The van der Waals surface area contributed by atoms with Crippen LogP contribution in [0.3, 0.4) is 0 Å². The van der Waals surface area contributed by atoms with Crippen LogP contribution in [0, 0.1) is 0 Å². The molecular weight excluding hydrogens is 512 g/mol. The number of hydrogen-bond donors (Lipinski definition) is 2. The maximum atomic E-state index is 13.3. The van der Waals surface area contributed by atoms with Crippen LogP contribution < -0.4 is 10.1 Å². The third-order valence-corrected chi connectivity index (χ3v) is 8.20. The molecule has 2 N–H and O–H groups in total. The molecule has 0 unspecified atom stereocenters. The van der Waals surface area contributed by atoms with E-state index in [0.29, 0.717) is 11.4 Å². The Morgan fingerprint density at radius 1 is 1.00 bits per heavy atom. The maximum absolute atomic E-state index is 13.3. The lowest BCUT2D eigenvalue weighted by Gasteiger charge is -2.29. The number of rotatable bonds is 8. The standard InChI is InChI=1S/C34H36N4O3/c1-37-30-8-4-3-7-28(30)29-22-31(35-32(33(29)37)24-13-15-27(41-2)16-14-24)36-34(40)25-11-9-23(10-12-25)6-5-19-38-20-17-26(39)18-21-38/h3-4,7-16,22,26,39H,5-6,17-21H2,1-2H3,(H,35,36,40). The van der Waals surface area contributed by atoms with Crippen LogP contribution in [0.5, 0.6) is 5.75 Å². The van der Waals surface area contributed by atoms with Gasteiger partial charge in [0, 0.05) is 47.6 Å². The third-order valence-electron chi connectivity index (χ3n) is 8.20. The van der Waals surface area contributed by atoms with Gasteiger partial charge in [-0.2, -0.15) is 0 Å². The molecule has 0 aliphatic carbocycles. The zero-order chi connectivity index (χ0) is 28.3. The van der Waals surface area contributed by atoms with Gasteiger partial charge in [0.15, 0.2) is 0 Å². The molecule has 0 bridgehead atoms. The van der Waals surface area contributed by atoms with Gasteiger partial charge < -0.3 is 24.6 Å². The monoisotopic (exact) mass is 548 g/mol. The quantitative estimate of drug-likeness (QED) is 0.247. The number of anilines is 1. The minimum Gasteiger partial charge on any atom is -0.497 e. The summed E-state index contributed by atoms with van der Waals surface area (Å²) in [5.74, 6) is 1.11. The van der Waals surface area contributed by atoms with E-state index in [4.69, 9.17) is 9.72 Å². The number of methoxy groups -OCH3 is 1. The summed E-state index contributed by atoms with van der Waals surface area (Å²) >= 11 is 0. The van der Waals surface area contributed by atoms with Crippen molar-refractivity contribution in [2.75, 3.05) is 32.1 Å². The predicted octanol–water partition coefficient (Wildman–Crippen LogP) is 6.04. The fourth-order valence-electron chi connectivity index (χ4n) is 5.87. The first-order valence-corrected chi connectivity index (χ1v) is 14.3. The smallest absolute Gasteiger partial charge is 0.256 e. The molecule has 3 aromatic carbocycles. The minimum absolute atomic E-state index is 0.136. The highest BCUT2D eigenvalue weighted by Crippen LogP contribution is 2.36. The zero-order valence-electron chi connectivity index (χ0n) is 23.6. The summed E-state index contributed by atoms with van der Waals surface area (Å²) in [6, 6.07) is 26.0. The van der Waals surface area contributed by atoms with Gasteiger partial charge in [-0.15, -0.1) is 0 Å². The van der Waals surface area contributed by atoms with E-state index < -0.39 is 0 Å². The number of aromatic nitrogens is 2. The Morgan fingerprint density at radius 2 is 1.73 bits per heavy atom. The van der Waals surface area contributed by atoms with E-state index >= 15 is 0 Å². The molecule has 1 aliphatic rings. The van der Waals surface area contributed by atoms with Crippen molar-refractivity contribution in [3.05, 3.63) is 90.0 Å². The van der Waals surface area contributed by atoms with Crippen LogP contribution in [0.1, 0.15) is 35.2 Å². The van der Waals surface area contributed by atoms with Gasteiger partial charge in [0.05, 0.1) is 24.4 Å². The van der Waals surface area contributed by atoms with Crippen molar-refractivity contribution in [3.63, 3.8) is 0 Å². The maximum Gasteiger partial charge on any atom is 0.256 e. The summed E-state index contributed by atoms with van der Waals surface area (Å²) in [5.41, 5.74) is 5.69. The van der Waals surface area contributed by atoms with Crippen molar-refractivity contribution in [1.29, 1.82) is 0 Å². The van der Waals surface area contributed by atoms with E-state index in [0.717, 1.165) is 84.1 Å². The lowest BCUT2D eigenvalue weighted by Crippen LogP contribution is -2.36. The summed E-state index contributed by atoms with van der Waals surface area (Å²) in [6.45, 7) is 2.98. The Hall–Kier alpha value is -4.20. The number of ether oxygens (including phenoxy) is 1. The van der Waals surface area contributed by atoms with Gasteiger partial charge in [0.1, 0.15) is 11.6 Å². The first-order valence-electron chi connectivity index (χ1n) is 14.3. The fourth-order valence-corrected chi connectivity index (χ4v) is 5.87. The number of fused-ring (bicyclic) bond motifs is 3. The largest absolute Gasteiger partial charge is 0.497 e. The summed E-state index contributed by atoms with van der Waals surface area (Å²) in [5, 5.41) is 14.9. The number of carbonyl (C=O) groups excluding carboxylic acids is 1. The van der Waals surface area contributed by atoms with Gasteiger partial charge in [-0.1, -0.05) is 30.3 Å². The summed E-state index contributed by atoms with van der Waals surface area (Å²) in [6.07, 6.45) is 3.63. The molecule has 210 valence electrons. The minimum atomic E-state index is -0.184. The zero-order valence-corrected chi connectivity index (χ0v) is 23.6. The molecule has 41 heavy (non-hydrogen) atoms. The molecule has 0 radical (unpaired) electrons. The number of nitrogens with zero attached hydrogens (tertiary/aromatic N) is 3. The number of pyridine rings is 1. The Kier molecular flexibility index (Phi) is 7.72. The number of aliphatic hydroxyl groups excluding tert-OH is 1. The van der Waals surface area contributed by atoms with Crippen LogP contribution in [0.15, 0.2) is 78.9 Å². The molecule has 6 rings (SSSR count).